The van der Waals surface area contributed by atoms with Crippen molar-refractivity contribution < 1.29 is 23.1 Å². The number of ether oxygens (including phenoxy) is 1. The lowest BCUT2D eigenvalue weighted by atomic mass is 10.2. The van der Waals surface area contributed by atoms with Gasteiger partial charge in [-0.15, -0.1) is 0 Å². The molecule has 7 heteroatoms. The number of carboxylic acid groups (broad SMARTS) is 1. The fourth-order valence-corrected chi connectivity index (χ4v) is 3.68. The molecule has 0 aliphatic heterocycles. The van der Waals surface area contributed by atoms with Gasteiger partial charge in [0.2, 0.25) is 10.0 Å². The highest BCUT2D eigenvalue weighted by molar-refractivity contribution is 7.89. The first-order chi connectivity index (χ1) is 13.4. The normalized spacial score (nSPS) is 12.3. The first kappa shape index (κ1) is 19.6. The molecule has 0 saturated carbocycles. The molecule has 0 heterocycles. The van der Waals surface area contributed by atoms with Crippen LogP contribution in [-0.2, 0) is 10.0 Å². The first-order valence-corrected chi connectivity index (χ1v) is 9.98. The van der Waals surface area contributed by atoms with Crippen LogP contribution in [0.1, 0.15) is 27.7 Å². The standard InChI is InChI=1S/C21H19NO5S/c1-15-11-13-17(14-12-15)28(25,26)22-20(16-7-3-2-4-8-16)27-19-10-6-5-9-18(19)21(23)24/h2-14,20,22H,1H3,(H,23,24). The lowest BCUT2D eigenvalue weighted by Gasteiger charge is -2.22. The van der Waals surface area contributed by atoms with Crippen LogP contribution in [0.2, 0.25) is 0 Å². The van der Waals surface area contributed by atoms with E-state index in [0.29, 0.717) is 5.56 Å². The minimum atomic E-state index is -3.90. The van der Waals surface area contributed by atoms with Crippen molar-refractivity contribution in [1.29, 1.82) is 0 Å². The minimum absolute atomic E-state index is 0.0574. The summed E-state index contributed by atoms with van der Waals surface area (Å²) in [5.74, 6) is -1.10. The molecule has 6 nitrogen and oxygen atoms in total. The van der Waals surface area contributed by atoms with E-state index in [9.17, 15) is 18.3 Å². The second kappa shape index (κ2) is 8.24. The van der Waals surface area contributed by atoms with Crippen LogP contribution in [0, 0.1) is 6.92 Å². The maximum absolute atomic E-state index is 12.8. The topological polar surface area (TPSA) is 92.7 Å². The molecule has 28 heavy (non-hydrogen) atoms. The Hall–Kier alpha value is -3.16. The average molecular weight is 397 g/mol. The van der Waals surface area contributed by atoms with Gasteiger partial charge < -0.3 is 9.84 Å². The van der Waals surface area contributed by atoms with Crippen molar-refractivity contribution in [3.05, 3.63) is 95.6 Å². The molecule has 3 aromatic carbocycles. The number of rotatable bonds is 7. The molecule has 0 bridgehead atoms. The molecule has 2 N–H and O–H groups in total. The number of nitrogens with one attached hydrogen (secondary N) is 1. The third kappa shape index (κ3) is 4.57. The lowest BCUT2D eigenvalue weighted by Crippen LogP contribution is -2.32. The van der Waals surface area contributed by atoms with E-state index in [0.717, 1.165) is 5.56 Å². The molecular weight excluding hydrogens is 378 g/mol. The maximum Gasteiger partial charge on any atom is 0.339 e. The fourth-order valence-electron chi connectivity index (χ4n) is 2.59. The van der Waals surface area contributed by atoms with Gasteiger partial charge in [0.25, 0.3) is 0 Å². The Morgan fingerprint density at radius 3 is 2.18 bits per heavy atom. The predicted octanol–water partition coefficient (Wildman–Crippen LogP) is 3.75. The molecule has 1 unspecified atom stereocenters. The van der Waals surface area contributed by atoms with Crippen LogP contribution < -0.4 is 9.46 Å². The van der Waals surface area contributed by atoms with Crippen LogP contribution in [0.4, 0.5) is 0 Å². The van der Waals surface area contributed by atoms with Crippen molar-refractivity contribution in [3.8, 4) is 5.75 Å². The number of aryl methyl sites for hydroxylation is 1. The van der Waals surface area contributed by atoms with Crippen LogP contribution in [0.3, 0.4) is 0 Å². The molecule has 0 fully saturated rings. The maximum atomic E-state index is 12.8. The van der Waals surface area contributed by atoms with Gasteiger partial charge in [-0.1, -0.05) is 60.2 Å². The zero-order valence-electron chi connectivity index (χ0n) is 15.1. The summed E-state index contributed by atoms with van der Waals surface area (Å²) >= 11 is 0. The van der Waals surface area contributed by atoms with E-state index in [2.05, 4.69) is 4.72 Å². The zero-order chi connectivity index (χ0) is 20.1. The van der Waals surface area contributed by atoms with Gasteiger partial charge in [0.1, 0.15) is 11.3 Å². The van der Waals surface area contributed by atoms with Gasteiger partial charge in [0, 0.05) is 5.56 Å². The fraction of sp³-hybridized carbons (Fsp3) is 0.0952. The molecular formula is C21H19NO5S. The Balaban J connectivity index is 1.97. The molecule has 0 aromatic heterocycles. The molecule has 1 atom stereocenters. The van der Waals surface area contributed by atoms with Gasteiger partial charge in [-0.2, -0.15) is 4.72 Å². The van der Waals surface area contributed by atoms with Crippen LogP contribution in [0.5, 0.6) is 5.75 Å². The summed E-state index contributed by atoms with van der Waals surface area (Å²) in [5.41, 5.74) is 1.42. The summed E-state index contributed by atoms with van der Waals surface area (Å²) in [4.78, 5) is 11.6. The molecule has 0 spiro atoms. The molecule has 0 saturated heterocycles. The summed E-state index contributed by atoms with van der Waals surface area (Å²) in [6, 6.07) is 21.2. The molecule has 0 amide bonds. The van der Waals surface area contributed by atoms with E-state index in [1.165, 1.54) is 24.3 Å². The number of sulfonamides is 1. The Morgan fingerprint density at radius 2 is 1.54 bits per heavy atom. The Morgan fingerprint density at radius 1 is 0.929 bits per heavy atom. The summed E-state index contributed by atoms with van der Waals surface area (Å²) in [6.45, 7) is 1.86. The summed E-state index contributed by atoms with van der Waals surface area (Å²) in [5, 5.41) is 9.37. The molecule has 0 radical (unpaired) electrons. The van der Waals surface area contributed by atoms with E-state index < -0.39 is 22.2 Å². The number of para-hydroxylation sites is 1. The number of aromatic carboxylic acids is 1. The summed E-state index contributed by atoms with van der Waals surface area (Å²) in [6.07, 6.45) is -1.10. The van der Waals surface area contributed by atoms with Gasteiger partial charge in [0.05, 0.1) is 4.90 Å². The quantitative estimate of drug-likeness (QED) is 0.593. The number of carboxylic acids is 1. The molecule has 0 aliphatic rings. The van der Waals surface area contributed by atoms with Crippen LogP contribution in [0.25, 0.3) is 0 Å². The van der Waals surface area contributed by atoms with Crippen molar-refractivity contribution in [3.63, 3.8) is 0 Å². The third-order valence-electron chi connectivity index (χ3n) is 4.06. The smallest absolute Gasteiger partial charge is 0.339 e. The van der Waals surface area contributed by atoms with Crippen molar-refractivity contribution in [2.24, 2.45) is 0 Å². The van der Waals surface area contributed by atoms with Crippen molar-refractivity contribution in [2.45, 2.75) is 18.0 Å². The van der Waals surface area contributed by atoms with E-state index in [-0.39, 0.29) is 16.2 Å². The number of carbonyl (C=O) groups is 1. The van der Waals surface area contributed by atoms with E-state index in [1.54, 1.807) is 54.6 Å². The molecule has 0 aliphatic carbocycles. The van der Waals surface area contributed by atoms with Crippen molar-refractivity contribution in [1.82, 2.24) is 4.72 Å². The Kier molecular flexibility index (Phi) is 5.77. The van der Waals surface area contributed by atoms with Crippen LogP contribution in [-0.4, -0.2) is 19.5 Å². The van der Waals surface area contributed by atoms with E-state index in [4.69, 9.17) is 4.74 Å². The molecule has 3 aromatic rings. The lowest BCUT2D eigenvalue weighted by molar-refractivity contribution is 0.0688. The van der Waals surface area contributed by atoms with Crippen LogP contribution in [0.15, 0.2) is 83.8 Å². The monoisotopic (exact) mass is 397 g/mol. The zero-order valence-corrected chi connectivity index (χ0v) is 15.9. The van der Waals surface area contributed by atoms with Crippen molar-refractivity contribution >= 4 is 16.0 Å². The molecule has 144 valence electrons. The summed E-state index contributed by atoms with van der Waals surface area (Å²) < 4.78 is 34.0. The van der Waals surface area contributed by atoms with Gasteiger partial charge in [-0.3, -0.25) is 0 Å². The molecule has 3 rings (SSSR count). The third-order valence-corrected chi connectivity index (χ3v) is 5.48. The van der Waals surface area contributed by atoms with Crippen LogP contribution >= 0.6 is 0 Å². The summed E-state index contributed by atoms with van der Waals surface area (Å²) in [7, 11) is -3.90. The highest BCUT2D eigenvalue weighted by atomic mass is 32.2. The second-order valence-corrected chi connectivity index (χ2v) is 7.86. The first-order valence-electron chi connectivity index (χ1n) is 8.50. The average Bonchev–Trinajstić information content (AvgIpc) is 2.68. The van der Waals surface area contributed by atoms with Crippen molar-refractivity contribution in [2.75, 3.05) is 0 Å². The second-order valence-electron chi connectivity index (χ2n) is 6.14. The largest absolute Gasteiger partial charge is 0.478 e. The van der Waals surface area contributed by atoms with E-state index >= 15 is 0 Å². The Labute approximate surface area is 163 Å². The highest BCUT2D eigenvalue weighted by Gasteiger charge is 2.24. The number of benzene rings is 3. The van der Waals surface area contributed by atoms with Gasteiger partial charge >= 0.3 is 5.97 Å². The van der Waals surface area contributed by atoms with E-state index in [1.807, 2.05) is 6.92 Å². The minimum Gasteiger partial charge on any atom is -0.478 e. The SMILES string of the molecule is Cc1ccc(S(=O)(=O)NC(Oc2ccccc2C(=O)O)c2ccccc2)cc1. The predicted molar refractivity (Wildman–Crippen MR) is 105 cm³/mol. The highest BCUT2D eigenvalue weighted by Crippen LogP contribution is 2.26. The van der Waals surface area contributed by atoms with Gasteiger partial charge in [-0.25, -0.2) is 13.2 Å². The van der Waals surface area contributed by atoms with Gasteiger partial charge in [0.15, 0.2) is 6.23 Å². The number of hydrogen-bond acceptors (Lipinski definition) is 4. The van der Waals surface area contributed by atoms with Gasteiger partial charge in [-0.05, 0) is 31.2 Å². The Bertz CT molecular complexity index is 1060. The number of hydrogen-bond donors (Lipinski definition) is 2.